The van der Waals surface area contributed by atoms with Gasteiger partial charge in [0.15, 0.2) is 5.03 Å². The van der Waals surface area contributed by atoms with Crippen molar-refractivity contribution in [3.63, 3.8) is 0 Å². The molecular weight excluding hydrogens is 462 g/mol. The summed E-state index contributed by atoms with van der Waals surface area (Å²) in [4.78, 5) is 26.3. The van der Waals surface area contributed by atoms with Crippen LogP contribution in [-0.2, 0) is 0 Å². The molecule has 0 saturated carbocycles. The van der Waals surface area contributed by atoms with Gasteiger partial charge in [0.05, 0.1) is 5.69 Å². The van der Waals surface area contributed by atoms with Crippen molar-refractivity contribution >= 4 is 33.9 Å². The van der Waals surface area contributed by atoms with Gasteiger partial charge in [0, 0.05) is 25.2 Å². The lowest BCUT2D eigenvalue weighted by Crippen LogP contribution is -2.33. The molecule has 4 rings (SSSR count). The molecule has 0 saturated heterocycles. The second-order valence-electron chi connectivity index (χ2n) is 7.64. The third kappa shape index (κ3) is 5.30. The summed E-state index contributed by atoms with van der Waals surface area (Å²) in [6.45, 7) is 7.36. The van der Waals surface area contributed by atoms with Gasteiger partial charge in [-0.15, -0.1) is 5.10 Å². The van der Waals surface area contributed by atoms with E-state index >= 15 is 0 Å². The number of fused-ring (bicyclic) bond motifs is 1. The first-order valence-electron chi connectivity index (χ1n) is 11.5. The molecule has 0 unspecified atom stereocenters. The third-order valence-electron chi connectivity index (χ3n) is 5.50. The Morgan fingerprint density at radius 3 is 2.40 bits per heavy atom. The van der Waals surface area contributed by atoms with E-state index in [-0.39, 0.29) is 11.3 Å². The summed E-state index contributed by atoms with van der Waals surface area (Å²) in [5, 5.41) is 13.9. The molecule has 0 atom stereocenters. The summed E-state index contributed by atoms with van der Waals surface area (Å²) in [7, 11) is 0. The number of rotatable bonds is 7. The minimum absolute atomic E-state index is 0.195. The molecule has 0 aliphatic rings. The van der Waals surface area contributed by atoms with E-state index < -0.39 is 0 Å². The van der Waals surface area contributed by atoms with Crippen LogP contribution in [0.3, 0.4) is 0 Å². The molecule has 4 aromatic rings. The van der Waals surface area contributed by atoms with Crippen LogP contribution in [0.1, 0.15) is 20.8 Å². The molecule has 1 N–H and O–H groups in total. The maximum absolute atomic E-state index is 12.4. The van der Waals surface area contributed by atoms with Crippen molar-refractivity contribution in [2.45, 2.75) is 25.8 Å². The lowest BCUT2D eigenvalue weighted by atomic mass is 10.0. The van der Waals surface area contributed by atoms with Crippen molar-refractivity contribution in [3.05, 3.63) is 66.7 Å². The first-order chi connectivity index (χ1) is 17.0. The van der Waals surface area contributed by atoms with Gasteiger partial charge < -0.3 is 15.0 Å². The number of aromatic nitrogens is 3. The van der Waals surface area contributed by atoms with Crippen LogP contribution < -0.4 is 10.1 Å². The van der Waals surface area contributed by atoms with Crippen LogP contribution in [0.2, 0.25) is 0 Å². The van der Waals surface area contributed by atoms with Crippen LogP contribution >= 0.6 is 11.8 Å². The van der Waals surface area contributed by atoms with Gasteiger partial charge in [0.25, 0.3) is 5.24 Å². The van der Waals surface area contributed by atoms with E-state index in [4.69, 9.17) is 4.74 Å². The first kappa shape index (κ1) is 24.3. The highest BCUT2D eigenvalue weighted by molar-refractivity contribution is 8.13. The lowest BCUT2D eigenvalue weighted by Gasteiger charge is -2.18. The molecule has 3 aromatic carbocycles. The Kier molecular flexibility index (Phi) is 7.67. The summed E-state index contributed by atoms with van der Waals surface area (Å²) >= 11 is 1.01. The summed E-state index contributed by atoms with van der Waals surface area (Å²) in [5.74, 6) is 0.439. The Hall–Kier alpha value is -3.85. The summed E-state index contributed by atoms with van der Waals surface area (Å²) < 4.78 is 7.20. The van der Waals surface area contributed by atoms with E-state index in [0.717, 1.165) is 33.8 Å². The fourth-order valence-electron chi connectivity index (χ4n) is 3.75. The maximum atomic E-state index is 12.4. The average molecular weight is 490 g/mol. The highest BCUT2D eigenvalue weighted by Crippen LogP contribution is 2.36. The summed E-state index contributed by atoms with van der Waals surface area (Å²) in [5.41, 5.74) is 2.36. The number of ether oxygens (including phenoxy) is 1. The standard InChI is InChI=1S/C26H27N5O3S/c1-4-27-25(32)35-24-23(22-13-9-11-18-10-7-8-12-21(18)22)31(29-28-24)19-14-16-20(17-15-19)34-26(33)30(5-2)6-3/h7-17H,4-6H2,1-3H3,(H,27,32). The fraction of sp³-hybridized carbons (Fsp3) is 0.231. The number of amides is 2. The van der Waals surface area contributed by atoms with Crippen molar-refractivity contribution in [2.24, 2.45) is 0 Å². The minimum Gasteiger partial charge on any atom is -0.410 e. The molecule has 0 aliphatic heterocycles. The number of hydrogen-bond donors (Lipinski definition) is 1. The van der Waals surface area contributed by atoms with E-state index in [2.05, 4.69) is 15.6 Å². The monoisotopic (exact) mass is 489 g/mol. The SMILES string of the molecule is CCNC(=O)Sc1nnn(-c2ccc(OC(=O)N(CC)CC)cc2)c1-c1cccc2ccccc12. The van der Waals surface area contributed by atoms with Crippen LogP contribution in [-0.4, -0.2) is 50.9 Å². The summed E-state index contributed by atoms with van der Waals surface area (Å²) in [6, 6.07) is 21.2. The van der Waals surface area contributed by atoms with E-state index in [1.807, 2.05) is 75.4 Å². The second kappa shape index (κ2) is 11.1. The number of thioether (sulfide) groups is 1. The maximum Gasteiger partial charge on any atom is 0.415 e. The summed E-state index contributed by atoms with van der Waals surface area (Å²) in [6.07, 6.45) is -0.388. The zero-order chi connectivity index (χ0) is 24.8. The van der Waals surface area contributed by atoms with E-state index in [1.165, 1.54) is 0 Å². The molecule has 0 spiro atoms. The van der Waals surface area contributed by atoms with Crippen LogP contribution in [0.15, 0.2) is 71.8 Å². The Morgan fingerprint density at radius 1 is 0.971 bits per heavy atom. The molecule has 9 heteroatoms. The van der Waals surface area contributed by atoms with Gasteiger partial charge in [-0.3, -0.25) is 4.79 Å². The van der Waals surface area contributed by atoms with Gasteiger partial charge in [-0.25, -0.2) is 9.48 Å². The van der Waals surface area contributed by atoms with Gasteiger partial charge in [0.1, 0.15) is 11.4 Å². The fourth-order valence-corrected chi connectivity index (χ4v) is 4.51. The number of nitrogens with zero attached hydrogens (tertiary/aromatic N) is 4. The largest absolute Gasteiger partial charge is 0.415 e. The van der Waals surface area contributed by atoms with Gasteiger partial charge in [-0.05, 0) is 67.6 Å². The third-order valence-corrected chi connectivity index (χ3v) is 6.30. The average Bonchev–Trinajstić information content (AvgIpc) is 3.28. The van der Waals surface area contributed by atoms with Crippen molar-refractivity contribution < 1.29 is 14.3 Å². The number of nitrogens with one attached hydrogen (secondary N) is 1. The normalized spacial score (nSPS) is 10.8. The molecule has 35 heavy (non-hydrogen) atoms. The number of carbonyl (C=O) groups is 2. The molecule has 0 bridgehead atoms. The van der Waals surface area contributed by atoms with Crippen molar-refractivity contribution in [2.75, 3.05) is 19.6 Å². The molecule has 2 amide bonds. The lowest BCUT2D eigenvalue weighted by molar-refractivity contribution is 0.157. The second-order valence-corrected chi connectivity index (χ2v) is 8.60. The molecule has 0 radical (unpaired) electrons. The van der Waals surface area contributed by atoms with Crippen molar-refractivity contribution in [1.82, 2.24) is 25.2 Å². The van der Waals surface area contributed by atoms with Gasteiger partial charge in [-0.2, -0.15) is 0 Å². The van der Waals surface area contributed by atoms with E-state index in [0.29, 0.717) is 36.1 Å². The molecule has 180 valence electrons. The Balaban J connectivity index is 1.75. The van der Waals surface area contributed by atoms with Gasteiger partial charge in [-0.1, -0.05) is 47.7 Å². The highest BCUT2D eigenvalue weighted by Gasteiger charge is 2.21. The van der Waals surface area contributed by atoms with Crippen molar-refractivity contribution in [1.29, 1.82) is 0 Å². The Morgan fingerprint density at radius 2 is 1.69 bits per heavy atom. The highest BCUT2D eigenvalue weighted by atomic mass is 32.2. The molecule has 0 aliphatic carbocycles. The smallest absolute Gasteiger partial charge is 0.410 e. The molecule has 1 aromatic heterocycles. The van der Waals surface area contributed by atoms with E-state index in [1.54, 1.807) is 21.7 Å². The van der Waals surface area contributed by atoms with Crippen LogP contribution in [0, 0.1) is 0 Å². The molecular formula is C26H27N5O3S. The van der Waals surface area contributed by atoms with Gasteiger partial charge >= 0.3 is 6.09 Å². The Bertz CT molecular complexity index is 1330. The number of hydrogen-bond acceptors (Lipinski definition) is 6. The Labute approximate surface area is 208 Å². The van der Waals surface area contributed by atoms with Crippen LogP contribution in [0.5, 0.6) is 5.75 Å². The van der Waals surface area contributed by atoms with Gasteiger partial charge in [0.2, 0.25) is 0 Å². The predicted molar refractivity (Wildman–Crippen MR) is 138 cm³/mol. The number of benzene rings is 3. The van der Waals surface area contributed by atoms with Crippen LogP contribution in [0.4, 0.5) is 9.59 Å². The molecule has 8 nitrogen and oxygen atoms in total. The quantitative estimate of drug-likeness (QED) is 0.333. The van der Waals surface area contributed by atoms with Crippen LogP contribution in [0.25, 0.3) is 27.7 Å². The van der Waals surface area contributed by atoms with Crippen molar-refractivity contribution in [3.8, 4) is 22.7 Å². The molecule has 0 fully saturated rings. The zero-order valence-electron chi connectivity index (χ0n) is 19.9. The minimum atomic E-state index is -0.388. The topological polar surface area (TPSA) is 89.4 Å². The van der Waals surface area contributed by atoms with E-state index in [9.17, 15) is 9.59 Å². The number of carbonyl (C=O) groups excluding carboxylic acids is 2. The molecule has 1 heterocycles. The first-order valence-corrected chi connectivity index (χ1v) is 12.3. The zero-order valence-corrected chi connectivity index (χ0v) is 20.7. The predicted octanol–water partition coefficient (Wildman–Crippen LogP) is 5.75.